The van der Waals surface area contributed by atoms with Crippen molar-refractivity contribution in [2.45, 2.75) is 37.4 Å². The lowest BCUT2D eigenvalue weighted by Crippen LogP contribution is -2.48. The quantitative estimate of drug-likeness (QED) is 0.676. The molecule has 1 heterocycles. The van der Waals surface area contributed by atoms with Crippen molar-refractivity contribution in [3.05, 3.63) is 0 Å². The Morgan fingerprint density at radius 3 is 1.30 bits per heavy atom. The van der Waals surface area contributed by atoms with E-state index in [0.29, 0.717) is 0 Å². The number of imide groups is 2. The molecule has 4 amide bonds. The summed E-state index contributed by atoms with van der Waals surface area (Å²) in [5.74, 6) is -5.36. The summed E-state index contributed by atoms with van der Waals surface area (Å²) in [6.07, 6.45) is -18.4. The smallest absolute Gasteiger partial charge is 0.465 e. The van der Waals surface area contributed by atoms with Gasteiger partial charge in [0.15, 0.2) is 0 Å². The average Bonchev–Trinajstić information content (AvgIpc) is 2.93. The predicted molar refractivity (Wildman–Crippen MR) is 69.5 cm³/mol. The van der Waals surface area contributed by atoms with Crippen molar-refractivity contribution in [3.63, 3.8) is 0 Å². The first-order chi connectivity index (χ1) is 12.1. The highest BCUT2D eigenvalue weighted by Gasteiger charge is 2.48. The van der Waals surface area contributed by atoms with Crippen molar-refractivity contribution < 1.29 is 60.5 Å². The maximum absolute atomic E-state index is 12.4. The second-order valence-corrected chi connectivity index (χ2v) is 5.35. The van der Waals surface area contributed by atoms with Crippen LogP contribution in [0.4, 0.5) is 35.9 Å². The van der Waals surface area contributed by atoms with Crippen molar-refractivity contribution in [2.24, 2.45) is 0 Å². The summed E-state index contributed by atoms with van der Waals surface area (Å²) < 4.78 is 79.2. The van der Waals surface area contributed by atoms with E-state index in [4.69, 9.17) is 14.9 Å². The lowest BCUT2D eigenvalue weighted by molar-refractivity contribution is -0.185. The first-order valence-electron chi connectivity index (χ1n) is 7.03. The van der Waals surface area contributed by atoms with Crippen LogP contribution in [-0.4, -0.2) is 81.7 Å². The van der Waals surface area contributed by atoms with Gasteiger partial charge in [0.05, 0.1) is 25.3 Å². The number of hydrogen-bond donors (Lipinski definition) is 2. The molecule has 27 heavy (non-hydrogen) atoms. The van der Waals surface area contributed by atoms with Crippen molar-refractivity contribution in [1.29, 1.82) is 0 Å². The molecule has 0 aromatic rings. The Labute approximate surface area is 146 Å². The van der Waals surface area contributed by atoms with E-state index in [1.807, 2.05) is 0 Å². The molecule has 0 saturated carbocycles. The lowest BCUT2D eigenvalue weighted by Gasteiger charge is -2.24. The zero-order valence-electron chi connectivity index (χ0n) is 13.1. The van der Waals surface area contributed by atoms with Crippen LogP contribution in [0.2, 0.25) is 0 Å². The van der Waals surface area contributed by atoms with Gasteiger partial charge in [-0.1, -0.05) is 0 Å². The minimum atomic E-state index is -5.48. The van der Waals surface area contributed by atoms with Crippen LogP contribution in [0.5, 0.6) is 0 Å². The molecular formula is C12H12F6N2O7. The Hall–Kier alpha value is -2.58. The number of alkyl halides is 6. The zero-order chi connectivity index (χ0) is 21.2. The van der Waals surface area contributed by atoms with Gasteiger partial charge in [0.25, 0.3) is 0 Å². The minimum Gasteiger partial charge on any atom is -0.465 e. The summed E-state index contributed by atoms with van der Waals surface area (Å²) in [7, 11) is 0. The monoisotopic (exact) mass is 410 g/mol. The highest BCUT2D eigenvalue weighted by molar-refractivity contribution is 5.95. The van der Waals surface area contributed by atoms with Crippen molar-refractivity contribution >= 4 is 24.0 Å². The zero-order valence-corrected chi connectivity index (χ0v) is 13.1. The summed E-state index contributed by atoms with van der Waals surface area (Å²) in [6, 6.07) is 0. The fourth-order valence-corrected chi connectivity index (χ4v) is 2.26. The van der Waals surface area contributed by atoms with Crippen LogP contribution in [0.15, 0.2) is 0 Å². The second-order valence-electron chi connectivity index (χ2n) is 5.35. The van der Waals surface area contributed by atoms with Crippen LogP contribution in [0.1, 0.15) is 12.8 Å². The summed E-state index contributed by atoms with van der Waals surface area (Å²) in [5.41, 5.74) is 0. The lowest BCUT2D eigenvalue weighted by atomic mass is 10.2. The van der Waals surface area contributed by atoms with E-state index in [2.05, 4.69) is 0 Å². The Morgan fingerprint density at radius 1 is 0.778 bits per heavy atom. The molecule has 0 aromatic carbocycles. The summed E-state index contributed by atoms with van der Waals surface area (Å²) in [6.45, 7) is -2.13. The third-order valence-electron chi connectivity index (χ3n) is 3.41. The molecule has 154 valence electrons. The summed E-state index contributed by atoms with van der Waals surface area (Å²) in [5, 5.41) is 17.4. The Morgan fingerprint density at radius 2 is 1.07 bits per heavy atom. The van der Waals surface area contributed by atoms with Crippen LogP contribution in [-0.2, 0) is 14.3 Å². The Bertz CT molecular complexity index is 568. The Balaban J connectivity index is 2.77. The van der Waals surface area contributed by atoms with Gasteiger partial charge in [0.1, 0.15) is 0 Å². The van der Waals surface area contributed by atoms with Crippen LogP contribution < -0.4 is 0 Å². The van der Waals surface area contributed by atoms with Gasteiger partial charge < -0.3 is 14.9 Å². The highest BCUT2D eigenvalue weighted by Crippen LogP contribution is 2.26. The van der Waals surface area contributed by atoms with E-state index in [1.54, 1.807) is 0 Å². The molecule has 0 bridgehead atoms. The number of halogens is 6. The fourth-order valence-electron chi connectivity index (χ4n) is 2.26. The molecule has 0 unspecified atom stereocenters. The number of carbonyl (C=O) groups excluding carboxylic acids is 2. The number of rotatable bonds is 4. The molecule has 9 nitrogen and oxygen atoms in total. The third-order valence-corrected chi connectivity index (χ3v) is 3.41. The van der Waals surface area contributed by atoms with E-state index in [-0.39, 0.29) is 12.8 Å². The van der Waals surface area contributed by atoms with Gasteiger partial charge in [-0.3, -0.25) is 9.59 Å². The molecule has 0 spiro atoms. The van der Waals surface area contributed by atoms with E-state index >= 15 is 0 Å². The number of amides is 4. The molecular weight excluding hydrogens is 398 g/mol. The molecule has 1 aliphatic heterocycles. The van der Waals surface area contributed by atoms with E-state index < -0.39 is 71.5 Å². The van der Waals surface area contributed by atoms with E-state index in [1.165, 1.54) is 0 Å². The number of hydrogen-bond acceptors (Lipinski definition) is 5. The molecule has 0 aromatic heterocycles. The molecule has 0 aliphatic carbocycles. The topological polar surface area (TPSA) is 124 Å². The molecule has 1 fully saturated rings. The van der Waals surface area contributed by atoms with Gasteiger partial charge in [-0.05, 0) is 12.8 Å². The molecule has 1 rings (SSSR count). The Kier molecular flexibility index (Phi) is 6.63. The average molecular weight is 410 g/mol. The fraction of sp³-hybridized carbons (Fsp3) is 0.667. The highest BCUT2D eigenvalue weighted by atomic mass is 19.4. The van der Waals surface area contributed by atoms with Gasteiger partial charge in [0.2, 0.25) is 0 Å². The van der Waals surface area contributed by atoms with E-state index in [0.717, 1.165) is 0 Å². The first-order valence-corrected chi connectivity index (χ1v) is 7.03. The van der Waals surface area contributed by atoms with Crippen LogP contribution >= 0.6 is 0 Å². The molecule has 0 radical (unpaired) electrons. The van der Waals surface area contributed by atoms with Crippen molar-refractivity contribution in [1.82, 2.24) is 9.80 Å². The number of carboxylic acid groups (broad SMARTS) is 2. The van der Waals surface area contributed by atoms with Gasteiger partial charge >= 0.3 is 36.4 Å². The molecule has 2 N–H and O–H groups in total. The molecule has 1 aliphatic rings. The maximum atomic E-state index is 12.4. The molecule has 2 atom stereocenters. The maximum Gasteiger partial charge on any atom is 0.471 e. The first kappa shape index (κ1) is 22.5. The largest absolute Gasteiger partial charge is 0.471 e. The van der Waals surface area contributed by atoms with Gasteiger partial charge in [-0.25, -0.2) is 19.4 Å². The van der Waals surface area contributed by atoms with Crippen molar-refractivity contribution in [3.8, 4) is 0 Å². The van der Waals surface area contributed by atoms with Crippen LogP contribution in [0.3, 0.4) is 0 Å². The summed E-state index contributed by atoms with van der Waals surface area (Å²) >= 11 is 0. The van der Waals surface area contributed by atoms with E-state index in [9.17, 15) is 45.5 Å². The number of nitrogens with zero attached hydrogens (tertiary/aromatic N) is 2. The molecule has 1 saturated heterocycles. The minimum absolute atomic E-state index is 0.173. The SMILES string of the molecule is O=C(O)N(C[C@@H]1CC[C@@H](CN(C(=O)O)C(=O)C(F)(F)F)O1)C(=O)C(F)(F)F. The van der Waals surface area contributed by atoms with Gasteiger partial charge in [-0.15, -0.1) is 0 Å². The van der Waals surface area contributed by atoms with Crippen molar-refractivity contribution in [2.75, 3.05) is 13.1 Å². The standard InChI is InChI=1S/C12H12F6N2O7/c13-11(14,15)7(21)19(9(23)24)3-5-1-2-6(27-5)4-20(10(25)26)8(22)12(16,17)18/h5-6H,1-4H2,(H,23,24)(H,25,26)/t5-,6-/m0/s1. The van der Waals surface area contributed by atoms with Gasteiger partial charge in [0, 0.05) is 0 Å². The second kappa shape index (κ2) is 7.98. The van der Waals surface area contributed by atoms with Gasteiger partial charge in [-0.2, -0.15) is 26.3 Å². The normalized spacial score (nSPS) is 20.2. The van der Waals surface area contributed by atoms with Crippen LogP contribution in [0, 0.1) is 0 Å². The predicted octanol–water partition coefficient (Wildman–Crippen LogP) is 1.67. The molecule has 15 heteroatoms. The van der Waals surface area contributed by atoms with Crippen LogP contribution in [0.25, 0.3) is 0 Å². The summed E-state index contributed by atoms with van der Waals surface area (Å²) in [4.78, 5) is 42.6. The number of ether oxygens (including phenoxy) is 1. The number of carbonyl (C=O) groups is 4. The third kappa shape index (κ3) is 5.97.